The van der Waals surface area contributed by atoms with Crippen LogP contribution in [0, 0.1) is 23.2 Å². The standard InChI is InChI=1S/C24H23N9/c1-31-15-20(12-26-31)27-24-28-23-4-2-3-22(33(23)30-24)18-7-8-21-19(10-18)14-32(29-21)13-17-6-5-16(9-17)11-25/h2-4,7-8,10,12,14-17H,5-6,9,13H2,1H3,(H,27,30). The van der Waals surface area contributed by atoms with Crippen LogP contribution in [0.2, 0.25) is 0 Å². The van der Waals surface area contributed by atoms with Gasteiger partial charge < -0.3 is 5.32 Å². The zero-order valence-electron chi connectivity index (χ0n) is 18.3. The van der Waals surface area contributed by atoms with Crippen LogP contribution in [0.5, 0.6) is 0 Å². The maximum atomic E-state index is 9.16. The number of nitrogens with zero attached hydrogens (tertiary/aromatic N) is 8. The van der Waals surface area contributed by atoms with E-state index in [2.05, 4.69) is 51.0 Å². The molecule has 1 aromatic carbocycles. The molecule has 33 heavy (non-hydrogen) atoms. The fourth-order valence-corrected chi connectivity index (χ4v) is 4.74. The number of pyridine rings is 1. The number of anilines is 2. The Morgan fingerprint density at radius 2 is 2.09 bits per heavy atom. The minimum atomic E-state index is 0.201. The van der Waals surface area contributed by atoms with E-state index in [0.29, 0.717) is 11.9 Å². The SMILES string of the molecule is Cn1cc(Nc2nc3cccc(-c4ccc5nn(CC6CCC(C#N)C6)cc5c4)n3n2)cn1. The Kier molecular flexibility index (Phi) is 4.57. The number of rotatable bonds is 5. The summed E-state index contributed by atoms with van der Waals surface area (Å²) in [5, 5.41) is 27.1. The summed E-state index contributed by atoms with van der Waals surface area (Å²) >= 11 is 0. The van der Waals surface area contributed by atoms with Crippen LogP contribution >= 0.6 is 0 Å². The zero-order chi connectivity index (χ0) is 22.4. The lowest BCUT2D eigenvalue weighted by atomic mass is 10.1. The smallest absolute Gasteiger partial charge is 0.247 e. The zero-order valence-corrected chi connectivity index (χ0v) is 18.3. The highest BCUT2D eigenvalue weighted by atomic mass is 15.4. The van der Waals surface area contributed by atoms with Crippen molar-refractivity contribution in [2.75, 3.05) is 5.32 Å². The average molecular weight is 438 g/mol. The number of hydrogen-bond acceptors (Lipinski definition) is 6. The Morgan fingerprint density at radius 3 is 2.91 bits per heavy atom. The summed E-state index contributed by atoms with van der Waals surface area (Å²) in [6, 6.07) is 14.7. The summed E-state index contributed by atoms with van der Waals surface area (Å²) in [6.07, 6.45) is 8.81. The number of nitrogens with one attached hydrogen (secondary N) is 1. The molecule has 5 aromatic rings. The molecule has 2 unspecified atom stereocenters. The molecule has 4 aromatic heterocycles. The first-order chi connectivity index (χ1) is 16.1. The van der Waals surface area contributed by atoms with E-state index >= 15 is 0 Å². The third-order valence-electron chi connectivity index (χ3n) is 6.34. The second-order valence-corrected chi connectivity index (χ2v) is 8.77. The quantitative estimate of drug-likeness (QED) is 0.443. The van der Waals surface area contributed by atoms with Gasteiger partial charge in [-0.2, -0.15) is 20.4 Å². The monoisotopic (exact) mass is 437 g/mol. The summed E-state index contributed by atoms with van der Waals surface area (Å²) in [6.45, 7) is 0.865. The van der Waals surface area contributed by atoms with Crippen LogP contribution in [0.4, 0.5) is 11.6 Å². The predicted molar refractivity (Wildman–Crippen MR) is 125 cm³/mol. The Labute approximate surface area is 190 Å². The number of benzene rings is 1. The largest absolute Gasteiger partial charge is 0.320 e. The lowest BCUT2D eigenvalue weighted by molar-refractivity contribution is 0.424. The van der Waals surface area contributed by atoms with E-state index in [9.17, 15) is 0 Å². The molecule has 0 saturated heterocycles. The van der Waals surface area contributed by atoms with Crippen molar-refractivity contribution in [2.45, 2.75) is 25.8 Å². The molecule has 2 atom stereocenters. The molecule has 1 aliphatic rings. The highest BCUT2D eigenvalue weighted by molar-refractivity contribution is 5.84. The van der Waals surface area contributed by atoms with E-state index in [4.69, 9.17) is 10.4 Å². The number of fused-ring (bicyclic) bond motifs is 2. The first-order valence-electron chi connectivity index (χ1n) is 11.1. The molecule has 0 radical (unpaired) electrons. The van der Waals surface area contributed by atoms with E-state index in [-0.39, 0.29) is 5.92 Å². The molecular formula is C24H23N9. The third-order valence-corrected chi connectivity index (χ3v) is 6.34. The van der Waals surface area contributed by atoms with E-state index in [0.717, 1.165) is 59.3 Å². The van der Waals surface area contributed by atoms with Gasteiger partial charge in [-0.15, -0.1) is 5.10 Å². The van der Waals surface area contributed by atoms with Gasteiger partial charge in [0.2, 0.25) is 5.95 Å². The lowest BCUT2D eigenvalue weighted by Gasteiger charge is -2.08. The van der Waals surface area contributed by atoms with Gasteiger partial charge in [0.1, 0.15) is 0 Å². The van der Waals surface area contributed by atoms with E-state index in [1.54, 1.807) is 10.9 Å². The first-order valence-corrected chi connectivity index (χ1v) is 11.1. The molecule has 6 rings (SSSR count). The molecule has 0 aliphatic heterocycles. The van der Waals surface area contributed by atoms with Crippen LogP contribution in [-0.2, 0) is 13.6 Å². The molecule has 9 nitrogen and oxygen atoms in total. The molecule has 0 spiro atoms. The fourth-order valence-electron chi connectivity index (χ4n) is 4.74. The third kappa shape index (κ3) is 3.69. The maximum absolute atomic E-state index is 9.16. The van der Waals surface area contributed by atoms with E-state index in [1.807, 2.05) is 40.6 Å². The molecule has 0 amide bonds. The second-order valence-electron chi connectivity index (χ2n) is 8.77. The summed E-state index contributed by atoms with van der Waals surface area (Å²) in [5.41, 5.74) is 4.59. The van der Waals surface area contributed by atoms with Gasteiger partial charge in [0, 0.05) is 42.9 Å². The molecule has 164 valence electrons. The van der Waals surface area contributed by atoms with Gasteiger partial charge in [-0.25, -0.2) is 4.52 Å². The van der Waals surface area contributed by atoms with Gasteiger partial charge in [-0.1, -0.05) is 12.1 Å². The van der Waals surface area contributed by atoms with Gasteiger partial charge in [-0.05, 0) is 49.4 Å². The van der Waals surface area contributed by atoms with Gasteiger partial charge >= 0.3 is 0 Å². The summed E-state index contributed by atoms with van der Waals surface area (Å²) in [5.74, 6) is 1.25. The van der Waals surface area contributed by atoms with Crippen molar-refractivity contribution in [3.63, 3.8) is 0 Å². The lowest BCUT2D eigenvalue weighted by Crippen LogP contribution is -2.08. The van der Waals surface area contributed by atoms with E-state index < -0.39 is 0 Å². The van der Waals surface area contributed by atoms with Crippen LogP contribution < -0.4 is 5.32 Å². The predicted octanol–water partition coefficient (Wildman–Crippen LogP) is 4.16. The number of aromatic nitrogens is 7. The Bertz CT molecular complexity index is 1500. The molecular weight excluding hydrogens is 414 g/mol. The summed E-state index contributed by atoms with van der Waals surface area (Å²) < 4.78 is 5.61. The Balaban J connectivity index is 1.30. The number of aryl methyl sites for hydroxylation is 1. The average Bonchev–Trinajstić information content (AvgIpc) is 3.59. The fraction of sp³-hybridized carbons (Fsp3) is 0.292. The summed E-state index contributed by atoms with van der Waals surface area (Å²) in [7, 11) is 1.87. The maximum Gasteiger partial charge on any atom is 0.247 e. The summed E-state index contributed by atoms with van der Waals surface area (Å²) in [4.78, 5) is 4.60. The Hall–Kier alpha value is -4.19. The van der Waals surface area contributed by atoms with Crippen LogP contribution in [0.25, 0.3) is 27.8 Å². The normalized spacial score (nSPS) is 18.2. The number of nitriles is 1. The van der Waals surface area contributed by atoms with Crippen molar-refractivity contribution >= 4 is 28.2 Å². The Morgan fingerprint density at radius 1 is 1.15 bits per heavy atom. The topological polar surface area (TPSA) is 102 Å². The van der Waals surface area contributed by atoms with Gasteiger partial charge in [0.05, 0.1) is 29.2 Å². The van der Waals surface area contributed by atoms with Crippen molar-refractivity contribution in [1.82, 2.24) is 34.2 Å². The van der Waals surface area contributed by atoms with Crippen molar-refractivity contribution in [1.29, 1.82) is 5.26 Å². The first kappa shape index (κ1) is 19.5. The van der Waals surface area contributed by atoms with Gasteiger partial charge in [-0.3, -0.25) is 9.36 Å². The van der Waals surface area contributed by atoms with E-state index in [1.165, 1.54) is 0 Å². The van der Waals surface area contributed by atoms with Gasteiger partial charge in [0.25, 0.3) is 0 Å². The number of hydrogen-bond donors (Lipinski definition) is 1. The molecule has 1 fully saturated rings. The van der Waals surface area contributed by atoms with Crippen molar-refractivity contribution in [3.05, 3.63) is 55.0 Å². The molecule has 1 aliphatic carbocycles. The molecule has 9 heteroatoms. The van der Waals surface area contributed by atoms with Crippen molar-refractivity contribution in [2.24, 2.45) is 18.9 Å². The minimum Gasteiger partial charge on any atom is -0.320 e. The highest BCUT2D eigenvalue weighted by Gasteiger charge is 2.25. The molecule has 0 bridgehead atoms. The van der Waals surface area contributed by atoms with Crippen LogP contribution in [0.3, 0.4) is 0 Å². The molecule has 1 N–H and O–H groups in total. The van der Waals surface area contributed by atoms with Crippen LogP contribution in [0.1, 0.15) is 19.3 Å². The highest BCUT2D eigenvalue weighted by Crippen LogP contribution is 2.32. The molecule has 4 heterocycles. The minimum absolute atomic E-state index is 0.201. The second kappa shape index (κ2) is 7.74. The van der Waals surface area contributed by atoms with Crippen molar-refractivity contribution < 1.29 is 0 Å². The van der Waals surface area contributed by atoms with Crippen LogP contribution in [-0.4, -0.2) is 34.2 Å². The van der Waals surface area contributed by atoms with Crippen molar-refractivity contribution in [3.8, 4) is 17.3 Å². The van der Waals surface area contributed by atoms with Crippen LogP contribution in [0.15, 0.2) is 55.0 Å². The van der Waals surface area contributed by atoms with Gasteiger partial charge in [0.15, 0.2) is 5.65 Å². The molecule has 1 saturated carbocycles.